The van der Waals surface area contributed by atoms with Crippen molar-refractivity contribution in [1.29, 1.82) is 5.26 Å². The molecule has 0 fully saturated rings. The van der Waals surface area contributed by atoms with Gasteiger partial charge in [0.1, 0.15) is 6.61 Å². The van der Waals surface area contributed by atoms with Crippen LogP contribution in [0.15, 0.2) is 75.7 Å². The highest BCUT2D eigenvalue weighted by Crippen LogP contribution is 2.37. The first-order chi connectivity index (χ1) is 22.6. The minimum Gasteiger partial charge on any atom is -0.493 e. The molecule has 5 rings (SSSR count). The molecule has 0 amide bonds. The third kappa shape index (κ3) is 7.08. The summed E-state index contributed by atoms with van der Waals surface area (Å²) in [6.07, 6.45) is 1.57. The molecule has 0 saturated heterocycles. The number of aromatic nitrogens is 1. The van der Waals surface area contributed by atoms with Crippen molar-refractivity contribution in [3.63, 3.8) is 0 Å². The van der Waals surface area contributed by atoms with Crippen molar-refractivity contribution in [2.24, 2.45) is 4.99 Å². The Morgan fingerprint density at radius 3 is 2.51 bits per heavy atom. The van der Waals surface area contributed by atoms with E-state index in [0.717, 1.165) is 0 Å². The highest BCUT2D eigenvalue weighted by molar-refractivity contribution is 7.07. The van der Waals surface area contributed by atoms with Crippen LogP contribution >= 0.6 is 34.5 Å². The molecule has 0 radical (unpaired) electrons. The molecular weight excluding hydrogens is 661 g/mol. The number of ether oxygens (including phenoxy) is 4. The van der Waals surface area contributed by atoms with Crippen LogP contribution in [0.5, 0.6) is 17.2 Å². The van der Waals surface area contributed by atoms with Crippen molar-refractivity contribution in [1.82, 2.24) is 4.57 Å². The van der Waals surface area contributed by atoms with Gasteiger partial charge in [0.2, 0.25) is 0 Å². The lowest BCUT2D eigenvalue weighted by Crippen LogP contribution is -2.40. The van der Waals surface area contributed by atoms with Crippen LogP contribution in [0.1, 0.15) is 56.0 Å². The number of benzene rings is 3. The van der Waals surface area contributed by atoms with Crippen molar-refractivity contribution in [2.75, 3.05) is 13.7 Å². The fraction of sp³-hybridized carbons (Fsp3) is 0.257. The molecule has 0 aliphatic carbocycles. The highest BCUT2D eigenvalue weighted by atomic mass is 35.5. The summed E-state index contributed by atoms with van der Waals surface area (Å²) >= 11 is 14.3. The average Bonchev–Trinajstić information content (AvgIpc) is 3.33. The van der Waals surface area contributed by atoms with E-state index >= 15 is 0 Å². The Morgan fingerprint density at radius 1 is 1.13 bits per heavy atom. The molecular formula is C35H31Cl2N3O6S. The van der Waals surface area contributed by atoms with E-state index in [1.807, 2.05) is 19.9 Å². The number of fused-ring (bicyclic) bond motifs is 1. The lowest BCUT2D eigenvalue weighted by molar-refractivity contribution is -0.139. The van der Waals surface area contributed by atoms with Crippen LogP contribution in [0, 0.1) is 11.3 Å². The standard InChI is InChI=1S/C35H31Cl2N3O6S/c1-6-44-34(42)30-20(4)39-35-40(31(30)22-11-12-27(46-19(2)3)28(16-22)43-5)33(41)29(47-35)15-21-13-25(36)32(26(37)14-21)45-18-24-10-8-7-9-23(24)17-38/h7-16,19,31H,6,18H2,1-5H3/b29-15-/t31-/m1/s1. The number of carbonyl (C=O) groups is 1. The molecule has 3 aromatic carbocycles. The Morgan fingerprint density at radius 2 is 1.85 bits per heavy atom. The Kier molecular flexibility index (Phi) is 10.4. The first-order valence-corrected chi connectivity index (χ1v) is 16.3. The van der Waals surface area contributed by atoms with Crippen LogP contribution in [0.25, 0.3) is 6.08 Å². The van der Waals surface area contributed by atoms with Gasteiger partial charge in [0, 0.05) is 5.56 Å². The van der Waals surface area contributed by atoms with Crippen LogP contribution in [-0.2, 0) is 16.1 Å². The molecule has 242 valence electrons. The zero-order valence-corrected chi connectivity index (χ0v) is 28.6. The second-order valence-corrected chi connectivity index (χ2v) is 12.6. The maximum atomic E-state index is 14.1. The summed E-state index contributed by atoms with van der Waals surface area (Å²) in [6, 6.07) is 17.0. The fourth-order valence-electron chi connectivity index (χ4n) is 5.17. The summed E-state index contributed by atoms with van der Waals surface area (Å²) in [5.74, 6) is 0.681. The van der Waals surface area contributed by atoms with Gasteiger partial charge in [-0.25, -0.2) is 9.79 Å². The van der Waals surface area contributed by atoms with Crippen LogP contribution in [0.4, 0.5) is 0 Å². The minimum absolute atomic E-state index is 0.0902. The molecule has 0 unspecified atom stereocenters. The van der Waals surface area contributed by atoms with E-state index in [2.05, 4.69) is 11.1 Å². The lowest BCUT2D eigenvalue weighted by atomic mass is 9.95. The molecule has 1 aromatic heterocycles. The summed E-state index contributed by atoms with van der Waals surface area (Å²) in [6.45, 7) is 7.51. The van der Waals surface area contributed by atoms with Crippen LogP contribution in [-0.4, -0.2) is 30.4 Å². The van der Waals surface area contributed by atoms with Crippen molar-refractivity contribution < 1.29 is 23.7 Å². The van der Waals surface area contributed by atoms with E-state index in [1.165, 1.54) is 23.0 Å². The van der Waals surface area contributed by atoms with Gasteiger partial charge in [0.05, 0.1) is 63.3 Å². The van der Waals surface area contributed by atoms with Gasteiger partial charge in [-0.05, 0) is 75.2 Å². The topological polar surface area (TPSA) is 112 Å². The molecule has 1 aliphatic rings. The highest BCUT2D eigenvalue weighted by Gasteiger charge is 2.34. The van der Waals surface area contributed by atoms with E-state index in [-0.39, 0.29) is 46.2 Å². The number of hydrogen-bond donors (Lipinski definition) is 0. The molecule has 1 atom stereocenters. The normalized spacial score (nSPS) is 14.4. The molecule has 1 aliphatic heterocycles. The third-order valence-corrected chi connectivity index (χ3v) is 8.76. The van der Waals surface area contributed by atoms with E-state index < -0.39 is 12.0 Å². The number of methoxy groups -OCH3 is 1. The van der Waals surface area contributed by atoms with Crippen molar-refractivity contribution in [2.45, 2.75) is 46.4 Å². The zero-order valence-electron chi connectivity index (χ0n) is 26.3. The third-order valence-electron chi connectivity index (χ3n) is 7.21. The summed E-state index contributed by atoms with van der Waals surface area (Å²) in [5, 5.41) is 9.85. The van der Waals surface area contributed by atoms with Gasteiger partial charge in [0.15, 0.2) is 22.0 Å². The molecule has 47 heavy (non-hydrogen) atoms. The van der Waals surface area contributed by atoms with Crippen molar-refractivity contribution in [3.8, 4) is 23.3 Å². The predicted octanol–water partition coefficient (Wildman–Crippen LogP) is 6.35. The van der Waals surface area contributed by atoms with Gasteiger partial charge >= 0.3 is 5.97 Å². The summed E-state index contributed by atoms with van der Waals surface area (Å²) in [4.78, 5) is 32.4. The second-order valence-electron chi connectivity index (χ2n) is 10.8. The monoisotopic (exact) mass is 691 g/mol. The lowest BCUT2D eigenvalue weighted by Gasteiger charge is -2.25. The summed E-state index contributed by atoms with van der Waals surface area (Å²) in [7, 11) is 1.53. The van der Waals surface area contributed by atoms with Crippen LogP contribution < -0.4 is 29.1 Å². The first kappa shape index (κ1) is 33.8. The van der Waals surface area contributed by atoms with Crippen LogP contribution in [0.3, 0.4) is 0 Å². The fourth-order valence-corrected chi connectivity index (χ4v) is 6.83. The van der Waals surface area contributed by atoms with E-state index in [4.69, 9.17) is 42.1 Å². The quantitative estimate of drug-likeness (QED) is 0.178. The number of thiazole rings is 1. The van der Waals surface area contributed by atoms with Gasteiger partial charge in [-0.15, -0.1) is 0 Å². The Labute approximate surface area is 285 Å². The number of nitriles is 1. The summed E-state index contributed by atoms with van der Waals surface area (Å²) in [5.41, 5.74) is 2.68. The van der Waals surface area contributed by atoms with E-state index in [9.17, 15) is 14.9 Å². The summed E-state index contributed by atoms with van der Waals surface area (Å²) < 4.78 is 24.6. The number of esters is 1. The molecule has 2 heterocycles. The van der Waals surface area contributed by atoms with E-state index in [0.29, 0.717) is 48.8 Å². The molecule has 0 bridgehead atoms. The molecule has 9 nitrogen and oxygen atoms in total. The van der Waals surface area contributed by atoms with Gasteiger partial charge in [0.25, 0.3) is 5.56 Å². The molecule has 12 heteroatoms. The number of carbonyl (C=O) groups excluding carboxylic acids is 1. The van der Waals surface area contributed by atoms with Crippen molar-refractivity contribution in [3.05, 3.63) is 118 Å². The number of halogens is 2. The maximum absolute atomic E-state index is 14.1. The SMILES string of the molecule is CCOC(=O)C1=C(C)N=c2s/c(=C\c3cc(Cl)c(OCc4ccccc4C#N)c(Cl)c3)c(=O)n2[C@@H]1c1ccc(OC(C)C)c(OC)c1. The minimum atomic E-state index is -0.839. The number of rotatable bonds is 10. The Bertz CT molecular complexity index is 2090. The molecule has 4 aromatic rings. The first-order valence-electron chi connectivity index (χ1n) is 14.7. The van der Waals surface area contributed by atoms with Gasteiger partial charge in [-0.2, -0.15) is 5.26 Å². The Balaban J connectivity index is 1.58. The molecule has 0 saturated carbocycles. The van der Waals surface area contributed by atoms with Gasteiger partial charge < -0.3 is 18.9 Å². The van der Waals surface area contributed by atoms with Crippen LogP contribution in [0.2, 0.25) is 10.0 Å². The molecule has 0 N–H and O–H groups in total. The van der Waals surface area contributed by atoms with Gasteiger partial charge in [-0.1, -0.05) is 58.8 Å². The number of allylic oxidation sites excluding steroid dienone is 1. The number of hydrogen-bond acceptors (Lipinski definition) is 9. The predicted molar refractivity (Wildman–Crippen MR) is 181 cm³/mol. The number of nitrogens with zero attached hydrogens (tertiary/aromatic N) is 3. The molecule has 0 spiro atoms. The average molecular weight is 693 g/mol. The zero-order chi connectivity index (χ0) is 33.8. The van der Waals surface area contributed by atoms with E-state index in [1.54, 1.807) is 68.5 Å². The largest absolute Gasteiger partial charge is 0.493 e. The van der Waals surface area contributed by atoms with Gasteiger partial charge in [-0.3, -0.25) is 9.36 Å². The smallest absolute Gasteiger partial charge is 0.338 e. The van der Waals surface area contributed by atoms with Crippen molar-refractivity contribution >= 4 is 46.6 Å². The maximum Gasteiger partial charge on any atom is 0.338 e. The second kappa shape index (κ2) is 14.5. The Hall–Kier alpha value is -4.56.